The van der Waals surface area contributed by atoms with Gasteiger partial charge in [0.25, 0.3) is 0 Å². The molecule has 0 radical (unpaired) electrons. The van der Waals surface area contributed by atoms with Gasteiger partial charge in [0.05, 0.1) is 11.0 Å². The quantitative estimate of drug-likeness (QED) is 0.238. The summed E-state index contributed by atoms with van der Waals surface area (Å²) in [7, 11) is 0. The molecular weight excluding hydrogens is 584 g/mol. The first kappa shape index (κ1) is 31.4. The molecule has 2 aromatic carbocycles. The number of aromatic nitrogens is 3. The third-order valence-electron chi connectivity index (χ3n) is 9.63. The first-order valence-electron chi connectivity index (χ1n) is 16.4. The second kappa shape index (κ2) is 13.4. The van der Waals surface area contributed by atoms with E-state index in [4.69, 9.17) is 0 Å². The van der Waals surface area contributed by atoms with Crippen LogP contribution in [0.5, 0.6) is 0 Å². The number of fused-ring (bicyclic) bond motifs is 2. The van der Waals surface area contributed by atoms with Crippen molar-refractivity contribution in [1.29, 1.82) is 0 Å². The van der Waals surface area contributed by atoms with E-state index in [0.717, 1.165) is 27.5 Å². The number of aryl methyl sites for hydroxylation is 1. The number of imidazole rings is 1. The largest absolute Gasteiger partial charge is 0.361 e. The number of carbonyl (C=O) groups is 3. The summed E-state index contributed by atoms with van der Waals surface area (Å²) in [6, 6.07) is 13.7. The molecular formula is C34H44N8O4. The third-order valence-corrected chi connectivity index (χ3v) is 9.63. The Morgan fingerprint density at radius 3 is 2.28 bits per heavy atom. The monoisotopic (exact) mass is 628 g/mol. The topological polar surface area (TPSA) is 136 Å². The molecule has 2 aromatic heterocycles. The molecule has 12 heteroatoms. The van der Waals surface area contributed by atoms with Crippen molar-refractivity contribution in [2.45, 2.75) is 64.2 Å². The van der Waals surface area contributed by atoms with Gasteiger partial charge in [0.2, 0.25) is 11.8 Å². The number of rotatable bonds is 8. The lowest BCUT2D eigenvalue weighted by molar-refractivity contribution is -0.137. The van der Waals surface area contributed by atoms with Gasteiger partial charge < -0.3 is 30.7 Å². The van der Waals surface area contributed by atoms with Crippen molar-refractivity contribution >= 4 is 39.8 Å². The molecule has 4 heterocycles. The second-order valence-electron chi connectivity index (χ2n) is 12.4. The van der Waals surface area contributed by atoms with Crippen molar-refractivity contribution in [3.63, 3.8) is 0 Å². The van der Waals surface area contributed by atoms with Crippen molar-refractivity contribution < 1.29 is 14.4 Å². The van der Waals surface area contributed by atoms with Crippen molar-refractivity contribution in [1.82, 2.24) is 39.9 Å². The van der Waals surface area contributed by atoms with E-state index in [9.17, 15) is 19.2 Å². The average molecular weight is 629 g/mol. The van der Waals surface area contributed by atoms with Gasteiger partial charge in [-0.1, -0.05) is 37.3 Å². The molecule has 46 heavy (non-hydrogen) atoms. The Labute approximate surface area is 268 Å². The maximum atomic E-state index is 13.9. The number of nitrogens with zero attached hydrogens (tertiary/aromatic N) is 4. The first-order valence-corrected chi connectivity index (χ1v) is 16.4. The van der Waals surface area contributed by atoms with E-state index < -0.39 is 23.9 Å². The normalized spacial score (nSPS) is 18.0. The number of carbonyl (C=O) groups excluding carboxylic acids is 3. The average Bonchev–Trinajstić information content (AvgIpc) is 3.64. The summed E-state index contributed by atoms with van der Waals surface area (Å²) in [6.07, 6.45) is 3.12. The molecule has 12 nitrogen and oxygen atoms in total. The van der Waals surface area contributed by atoms with Crippen LogP contribution in [0.25, 0.3) is 21.9 Å². The zero-order valence-corrected chi connectivity index (χ0v) is 26.8. The van der Waals surface area contributed by atoms with Crippen LogP contribution in [0.3, 0.4) is 0 Å². The van der Waals surface area contributed by atoms with E-state index >= 15 is 0 Å². The number of likely N-dealkylation sites (tertiary alicyclic amines) is 1. The van der Waals surface area contributed by atoms with Gasteiger partial charge in [-0.15, -0.1) is 0 Å². The smallest absolute Gasteiger partial charge is 0.329 e. The predicted molar refractivity (Wildman–Crippen MR) is 178 cm³/mol. The van der Waals surface area contributed by atoms with Gasteiger partial charge in [0, 0.05) is 74.9 Å². The van der Waals surface area contributed by atoms with Crippen LogP contribution in [0.4, 0.5) is 4.79 Å². The van der Waals surface area contributed by atoms with E-state index in [1.165, 1.54) is 0 Å². The van der Waals surface area contributed by atoms with Crippen LogP contribution in [0.15, 0.2) is 59.5 Å². The minimum absolute atomic E-state index is 0.0274. The summed E-state index contributed by atoms with van der Waals surface area (Å²) in [5.74, 6) is -0.935. The van der Waals surface area contributed by atoms with Crippen LogP contribution in [0.2, 0.25) is 0 Å². The van der Waals surface area contributed by atoms with E-state index in [1.807, 2.05) is 73.1 Å². The number of piperidine rings is 1. The Bertz CT molecular complexity index is 1780. The van der Waals surface area contributed by atoms with Gasteiger partial charge in [-0.3, -0.25) is 18.7 Å². The summed E-state index contributed by atoms with van der Waals surface area (Å²) >= 11 is 0. The number of amides is 4. The Balaban J connectivity index is 1.18. The van der Waals surface area contributed by atoms with Gasteiger partial charge in [-0.25, -0.2) is 9.59 Å². The number of hydrogen-bond donors (Lipinski definition) is 4. The molecule has 4 amide bonds. The summed E-state index contributed by atoms with van der Waals surface area (Å²) < 4.78 is 3.66. The highest BCUT2D eigenvalue weighted by Crippen LogP contribution is 2.29. The Kier molecular flexibility index (Phi) is 9.16. The predicted octanol–water partition coefficient (Wildman–Crippen LogP) is 2.76. The molecule has 3 atom stereocenters. The number of aromatic amines is 1. The van der Waals surface area contributed by atoms with E-state index in [0.29, 0.717) is 58.7 Å². The van der Waals surface area contributed by atoms with Crippen LogP contribution in [-0.2, 0) is 16.1 Å². The molecule has 4 aromatic rings. The van der Waals surface area contributed by atoms with Gasteiger partial charge in [0.1, 0.15) is 12.1 Å². The number of nitrogens with one attached hydrogen (secondary N) is 4. The maximum Gasteiger partial charge on any atom is 0.329 e. The van der Waals surface area contributed by atoms with Crippen LogP contribution in [-0.4, -0.2) is 93.1 Å². The van der Waals surface area contributed by atoms with Gasteiger partial charge in [-0.2, -0.15) is 0 Å². The van der Waals surface area contributed by atoms with Gasteiger partial charge >= 0.3 is 11.7 Å². The highest BCUT2D eigenvalue weighted by atomic mass is 16.2. The lowest BCUT2D eigenvalue weighted by Crippen LogP contribution is -2.58. The van der Waals surface area contributed by atoms with Crippen LogP contribution >= 0.6 is 0 Å². The molecule has 2 aliphatic rings. The molecule has 4 N–H and O–H groups in total. The van der Waals surface area contributed by atoms with Crippen molar-refractivity contribution in [3.05, 3.63) is 70.8 Å². The number of urea groups is 1. The molecule has 244 valence electrons. The lowest BCUT2D eigenvalue weighted by atomic mass is 9.92. The van der Waals surface area contributed by atoms with Gasteiger partial charge in [-0.05, 0) is 50.5 Å². The fourth-order valence-corrected chi connectivity index (χ4v) is 7.03. The van der Waals surface area contributed by atoms with E-state index in [2.05, 4.69) is 20.9 Å². The van der Waals surface area contributed by atoms with Crippen LogP contribution in [0, 0.1) is 0 Å². The number of para-hydroxylation sites is 3. The summed E-state index contributed by atoms with van der Waals surface area (Å²) in [6.45, 7) is 9.68. The number of benzene rings is 2. The zero-order chi connectivity index (χ0) is 32.4. The summed E-state index contributed by atoms with van der Waals surface area (Å²) in [5.41, 5.74) is 3.65. The highest BCUT2D eigenvalue weighted by molar-refractivity contribution is 5.93. The van der Waals surface area contributed by atoms with Crippen molar-refractivity contribution in [2.75, 3.05) is 39.3 Å². The first-order chi connectivity index (χ1) is 22.3. The van der Waals surface area contributed by atoms with E-state index in [-0.39, 0.29) is 23.7 Å². The minimum Gasteiger partial charge on any atom is -0.361 e. The fraction of sp³-hybridized carbons (Fsp3) is 0.471. The molecule has 0 unspecified atom stereocenters. The minimum atomic E-state index is -0.923. The number of piperazine rings is 1. The summed E-state index contributed by atoms with van der Waals surface area (Å²) in [5, 5.41) is 10.1. The van der Waals surface area contributed by atoms with Crippen molar-refractivity contribution in [2.24, 2.45) is 0 Å². The molecule has 2 aliphatic heterocycles. The third kappa shape index (κ3) is 6.01. The molecule has 0 bridgehead atoms. The fourth-order valence-electron chi connectivity index (χ4n) is 7.03. The standard InChI is InChI=1S/C34H44N8O4/c1-4-41-28-11-7-8-12-29(28)42(34(41)46)24-13-17-40(18-14-24)33(45)38-30(22(2)26-21-36-27-10-6-5-9-25(26)27)31(43)37-23(3)32(44)39-19-15-35-16-20-39/h5-12,21-24,30,35-36H,4,13-20H2,1-3H3,(H,37,43)(H,38,45)/t22-,23+,30+/m0/s1. The zero-order valence-electron chi connectivity index (χ0n) is 26.8. The highest BCUT2D eigenvalue weighted by Gasteiger charge is 2.35. The SMILES string of the molecule is CCn1c(=O)n(C2CCN(C(=O)N[C@@H](C(=O)N[C@H](C)C(=O)N3CCNCC3)[C@@H](C)c3c[nH]c4ccccc34)CC2)c2ccccc21. The van der Waals surface area contributed by atoms with E-state index in [1.54, 1.807) is 21.3 Å². The lowest BCUT2D eigenvalue weighted by Gasteiger charge is -2.35. The van der Waals surface area contributed by atoms with Crippen LogP contribution in [0.1, 0.15) is 51.1 Å². The Hall–Kier alpha value is -4.58. The molecule has 0 spiro atoms. The molecule has 0 aliphatic carbocycles. The summed E-state index contributed by atoms with van der Waals surface area (Å²) in [4.78, 5) is 60.9. The second-order valence-corrected chi connectivity index (χ2v) is 12.4. The van der Waals surface area contributed by atoms with Crippen molar-refractivity contribution in [3.8, 4) is 0 Å². The molecule has 0 saturated carbocycles. The van der Waals surface area contributed by atoms with Gasteiger partial charge in [0.15, 0.2) is 0 Å². The molecule has 6 rings (SSSR count). The number of H-pyrrole nitrogens is 1. The molecule has 2 fully saturated rings. The van der Waals surface area contributed by atoms with Crippen LogP contribution < -0.4 is 21.6 Å². The number of hydrogen-bond acceptors (Lipinski definition) is 5. The Morgan fingerprint density at radius 2 is 1.57 bits per heavy atom. The maximum absolute atomic E-state index is 13.9. The molecule has 2 saturated heterocycles. The Morgan fingerprint density at radius 1 is 0.891 bits per heavy atom.